The average molecular weight is 285 g/mol. The normalized spacial score (nSPS) is 13.7. The lowest BCUT2D eigenvalue weighted by Gasteiger charge is -2.39. The summed E-state index contributed by atoms with van der Waals surface area (Å²) in [6.45, 7) is 6.37. The van der Waals surface area contributed by atoms with E-state index >= 15 is 0 Å². The van der Waals surface area contributed by atoms with E-state index in [1.54, 1.807) is 4.90 Å². The van der Waals surface area contributed by atoms with Crippen LogP contribution in [0, 0.1) is 11.6 Å². The van der Waals surface area contributed by atoms with E-state index in [-0.39, 0.29) is 5.69 Å². The van der Waals surface area contributed by atoms with Gasteiger partial charge in [0.25, 0.3) is 0 Å². The summed E-state index contributed by atoms with van der Waals surface area (Å²) in [7, 11) is 0. The van der Waals surface area contributed by atoms with Crippen molar-refractivity contribution in [1.29, 1.82) is 0 Å². The Balaban J connectivity index is 2.93. The van der Waals surface area contributed by atoms with Gasteiger partial charge in [0.15, 0.2) is 0 Å². The second kappa shape index (κ2) is 6.65. The fourth-order valence-corrected chi connectivity index (χ4v) is 1.99. The quantitative estimate of drug-likeness (QED) is 0.874. The molecule has 1 aromatic rings. The van der Waals surface area contributed by atoms with Crippen molar-refractivity contribution in [3.8, 4) is 0 Å². The molecule has 0 aliphatic rings. The van der Waals surface area contributed by atoms with E-state index in [4.69, 9.17) is 5.73 Å². The van der Waals surface area contributed by atoms with Crippen LogP contribution in [0.15, 0.2) is 18.2 Å². The van der Waals surface area contributed by atoms with E-state index in [2.05, 4.69) is 5.32 Å². The molecule has 1 rings (SSSR count). The molecule has 4 nitrogen and oxygen atoms in total. The predicted octanol–water partition coefficient (Wildman–Crippen LogP) is 2.95. The lowest BCUT2D eigenvalue weighted by Crippen LogP contribution is -2.55. The Bertz CT molecular complexity index is 475. The van der Waals surface area contributed by atoms with Gasteiger partial charge in [0.05, 0.1) is 11.2 Å². The van der Waals surface area contributed by atoms with Crippen LogP contribution in [0.2, 0.25) is 0 Å². The molecular formula is C14H21F2N3O. The molecule has 0 fully saturated rings. The molecule has 2 amide bonds. The number of nitrogens with one attached hydrogen (secondary N) is 1. The first-order chi connectivity index (χ1) is 9.37. The summed E-state index contributed by atoms with van der Waals surface area (Å²) in [6, 6.07) is 2.57. The Morgan fingerprint density at radius 3 is 2.50 bits per heavy atom. The molecule has 1 atom stereocenters. The minimum atomic E-state index is -0.805. The summed E-state index contributed by atoms with van der Waals surface area (Å²) in [6.07, 6.45) is 0.677. The summed E-state index contributed by atoms with van der Waals surface area (Å²) in [4.78, 5) is 13.8. The molecule has 3 N–H and O–H groups in total. The molecule has 0 saturated heterocycles. The van der Waals surface area contributed by atoms with Crippen molar-refractivity contribution in [1.82, 2.24) is 4.90 Å². The van der Waals surface area contributed by atoms with Crippen LogP contribution in [0.5, 0.6) is 0 Å². The average Bonchev–Trinajstić information content (AvgIpc) is 2.42. The SMILES string of the molecule is CCN(C(=O)Nc1ccc(F)cc1F)C(C)(CC)CN. The fourth-order valence-electron chi connectivity index (χ4n) is 1.99. The van der Waals surface area contributed by atoms with E-state index in [0.29, 0.717) is 19.5 Å². The van der Waals surface area contributed by atoms with Crippen LogP contribution in [0.3, 0.4) is 0 Å². The molecule has 0 heterocycles. The number of carbonyl (C=O) groups is 1. The molecule has 20 heavy (non-hydrogen) atoms. The van der Waals surface area contributed by atoms with Crippen LogP contribution in [0.4, 0.5) is 19.3 Å². The van der Waals surface area contributed by atoms with Crippen LogP contribution >= 0.6 is 0 Å². The zero-order valence-electron chi connectivity index (χ0n) is 12.0. The number of amides is 2. The number of benzene rings is 1. The molecule has 0 aromatic heterocycles. The topological polar surface area (TPSA) is 58.4 Å². The van der Waals surface area contributed by atoms with E-state index < -0.39 is 23.2 Å². The van der Waals surface area contributed by atoms with Crippen molar-refractivity contribution < 1.29 is 13.6 Å². The third-order valence-electron chi connectivity index (χ3n) is 3.59. The molecule has 112 valence electrons. The van der Waals surface area contributed by atoms with Crippen LogP contribution in [-0.4, -0.2) is 29.6 Å². The number of hydrogen-bond donors (Lipinski definition) is 2. The summed E-state index contributed by atoms with van der Waals surface area (Å²) < 4.78 is 26.4. The number of carbonyl (C=O) groups excluding carboxylic acids is 1. The summed E-state index contributed by atoms with van der Waals surface area (Å²) in [5.74, 6) is -1.49. The minimum Gasteiger partial charge on any atom is -0.328 e. The van der Waals surface area contributed by atoms with Gasteiger partial charge < -0.3 is 16.0 Å². The van der Waals surface area contributed by atoms with Gasteiger partial charge in [0.2, 0.25) is 0 Å². The number of urea groups is 1. The van der Waals surface area contributed by atoms with Crippen molar-refractivity contribution in [3.63, 3.8) is 0 Å². The molecule has 1 unspecified atom stereocenters. The lowest BCUT2D eigenvalue weighted by molar-refractivity contribution is 0.140. The van der Waals surface area contributed by atoms with Crippen LogP contribution in [0.25, 0.3) is 0 Å². The summed E-state index contributed by atoms with van der Waals surface area (Å²) in [5.41, 5.74) is 5.17. The first-order valence-corrected chi connectivity index (χ1v) is 6.61. The molecule has 0 aliphatic carbocycles. The van der Waals surface area contributed by atoms with Crippen LogP contribution in [-0.2, 0) is 0 Å². The second-order valence-corrected chi connectivity index (χ2v) is 4.85. The Kier molecular flexibility index (Phi) is 5.44. The maximum Gasteiger partial charge on any atom is 0.322 e. The Morgan fingerprint density at radius 1 is 1.40 bits per heavy atom. The molecule has 6 heteroatoms. The van der Waals surface area contributed by atoms with Gasteiger partial charge in [-0.1, -0.05) is 6.92 Å². The van der Waals surface area contributed by atoms with Crippen molar-refractivity contribution in [2.24, 2.45) is 5.73 Å². The number of hydrogen-bond acceptors (Lipinski definition) is 2. The molecule has 0 bridgehead atoms. The Morgan fingerprint density at radius 2 is 2.05 bits per heavy atom. The van der Waals surface area contributed by atoms with Gasteiger partial charge in [-0.15, -0.1) is 0 Å². The zero-order chi connectivity index (χ0) is 15.3. The zero-order valence-corrected chi connectivity index (χ0v) is 12.0. The first kappa shape index (κ1) is 16.4. The van der Waals surface area contributed by atoms with E-state index in [9.17, 15) is 13.6 Å². The second-order valence-electron chi connectivity index (χ2n) is 4.85. The first-order valence-electron chi connectivity index (χ1n) is 6.61. The Hall–Kier alpha value is -1.69. The highest BCUT2D eigenvalue weighted by molar-refractivity contribution is 5.90. The highest BCUT2D eigenvalue weighted by Gasteiger charge is 2.31. The van der Waals surface area contributed by atoms with Gasteiger partial charge in [-0.25, -0.2) is 13.6 Å². The standard InChI is InChI=1S/C14H21F2N3O/c1-4-14(3,9-17)19(5-2)13(20)18-12-7-6-10(15)8-11(12)16/h6-8H,4-5,9,17H2,1-3H3,(H,18,20). The monoisotopic (exact) mass is 285 g/mol. The third kappa shape index (κ3) is 3.45. The minimum absolute atomic E-state index is 0.0506. The van der Waals surface area contributed by atoms with Gasteiger partial charge in [-0.2, -0.15) is 0 Å². The lowest BCUT2D eigenvalue weighted by atomic mass is 9.97. The number of nitrogens with zero attached hydrogens (tertiary/aromatic N) is 1. The maximum absolute atomic E-state index is 13.5. The van der Waals surface area contributed by atoms with Gasteiger partial charge >= 0.3 is 6.03 Å². The summed E-state index contributed by atoms with van der Waals surface area (Å²) in [5, 5.41) is 2.45. The molecule has 0 radical (unpaired) electrons. The number of likely N-dealkylation sites (N-methyl/N-ethyl adjacent to an activating group) is 1. The molecule has 0 spiro atoms. The molecule has 1 aromatic carbocycles. The van der Waals surface area contributed by atoms with E-state index in [1.165, 1.54) is 6.07 Å². The third-order valence-corrected chi connectivity index (χ3v) is 3.59. The largest absolute Gasteiger partial charge is 0.328 e. The van der Waals surface area contributed by atoms with Crippen molar-refractivity contribution >= 4 is 11.7 Å². The maximum atomic E-state index is 13.5. The highest BCUT2D eigenvalue weighted by Crippen LogP contribution is 2.21. The number of anilines is 1. The predicted molar refractivity (Wildman–Crippen MR) is 75.5 cm³/mol. The summed E-state index contributed by atoms with van der Waals surface area (Å²) >= 11 is 0. The van der Waals surface area contributed by atoms with Gasteiger partial charge in [-0.05, 0) is 32.4 Å². The number of halogens is 2. The van der Waals surface area contributed by atoms with Gasteiger partial charge in [0.1, 0.15) is 11.6 Å². The number of nitrogens with two attached hydrogens (primary N) is 1. The van der Waals surface area contributed by atoms with Crippen molar-refractivity contribution in [2.45, 2.75) is 32.7 Å². The van der Waals surface area contributed by atoms with Crippen molar-refractivity contribution in [2.75, 3.05) is 18.4 Å². The number of rotatable bonds is 5. The van der Waals surface area contributed by atoms with E-state index in [1.807, 2.05) is 20.8 Å². The van der Waals surface area contributed by atoms with Crippen LogP contribution in [0.1, 0.15) is 27.2 Å². The molecular weight excluding hydrogens is 264 g/mol. The van der Waals surface area contributed by atoms with Gasteiger partial charge in [-0.3, -0.25) is 0 Å². The Labute approximate surface area is 117 Å². The molecule has 0 aliphatic heterocycles. The fraction of sp³-hybridized carbons (Fsp3) is 0.500. The van der Waals surface area contributed by atoms with Crippen molar-refractivity contribution in [3.05, 3.63) is 29.8 Å². The smallest absolute Gasteiger partial charge is 0.322 e. The molecule has 0 saturated carbocycles. The van der Waals surface area contributed by atoms with E-state index in [0.717, 1.165) is 12.1 Å². The van der Waals surface area contributed by atoms with Crippen LogP contribution < -0.4 is 11.1 Å². The highest BCUT2D eigenvalue weighted by atomic mass is 19.1. The van der Waals surface area contributed by atoms with Gasteiger partial charge in [0, 0.05) is 19.2 Å².